The number of oxime groups is 1. The van der Waals surface area contributed by atoms with Crippen LogP contribution in [-0.2, 0) is 9.63 Å². The minimum Gasteiger partial charge on any atom is -0.317 e. The lowest BCUT2D eigenvalue weighted by molar-refractivity contribution is -0.152. The molecular weight excluding hydrogens is 226 g/mol. The summed E-state index contributed by atoms with van der Waals surface area (Å²) in [7, 11) is 0. The summed E-state index contributed by atoms with van der Waals surface area (Å²) in [6, 6.07) is 9.61. The fraction of sp³-hybridized carbons (Fsp3) is 0.333. The lowest BCUT2D eigenvalue weighted by Gasteiger charge is -2.13. The second kappa shape index (κ2) is 6.15. The zero-order valence-electron chi connectivity index (χ0n) is 11.1. The molecule has 0 radical (unpaired) electrons. The summed E-state index contributed by atoms with van der Waals surface area (Å²) in [6.07, 6.45) is 2.29. The third-order valence-corrected chi connectivity index (χ3v) is 2.30. The molecule has 0 N–H and O–H groups in total. The number of hydrogen-bond acceptors (Lipinski definition) is 3. The third kappa shape index (κ3) is 4.17. The zero-order valence-corrected chi connectivity index (χ0v) is 11.1. The van der Waals surface area contributed by atoms with E-state index in [9.17, 15) is 4.79 Å². The number of rotatable bonds is 4. The monoisotopic (exact) mass is 245 g/mol. The summed E-state index contributed by atoms with van der Waals surface area (Å²) < 4.78 is 0. The molecule has 1 rings (SSSR count). The Labute approximate surface area is 108 Å². The van der Waals surface area contributed by atoms with Crippen LogP contribution in [0.4, 0.5) is 0 Å². The van der Waals surface area contributed by atoms with Crippen LogP contribution < -0.4 is 0 Å². The Hall–Kier alpha value is -1.90. The molecule has 3 heteroatoms. The SMILES string of the molecule is C=CC/C(=N\OC(=O)C(C)(C)C)c1ccccc1. The van der Waals surface area contributed by atoms with E-state index in [0.717, 1.165) is 5.56 Å². The standard InChI is InChI=1S/C15H19NO2/c1-5-9-13(12-10-7-6-8-11-12)16-18-14(17)15(2,3)4/h5-8,10-11H,1,9H2,2-4H3/b16-13+. The molecular formula is C15H19NO2. The van der Waals surface area contributed by atoms with E-state index in [1.54, 1.807) is 26.8 Å². The Kier molecular flexibility index (Phi) is 4.84. The summed E-state index contributed by atoms with van der Waals surface area (Å²) in [5.74, 6) is -0.347. The van der Waals surface area contributed by atoms with Gasteiger partial charge in [0.15, 0.2) is 0 Å². The lowest BCUT2D eigenvalue weighted by atomic mass is 9.98. The first-order valence-electron chi connectivity index (χ1n) is 5.90. The quantitative estimate of drug-likeness (QED) is 0.352. The highest BCUT2D eigenvalue weighted by Gasteiger charge is 2.23. The molecule has 0 heterocycles. The van der Waals surface area contributed by atoms with Gasteiger partial charge in [0.2, 0.25) is 0 Å². The highest BCUT2D eigenvalue weighted by Crippen LogP contribution is 2.16. The first-order valence-corrected chi connectivity index (χ1v) is 5.90. The smallest absolute Gasteiger partial charge is 0.317 e. The Balaban J connectivity index is 2.87. The number of allylic oxidation sites excluding steroid dienone is 1. The lowest BCUT2D eigenvalue weighted by Crippen LogP contribution is -2.21. The van der Waals surface area contributed by atoms with Crippen LogP contribution in [0.15, 0.2) is 48.1 Å². The highest BCUT2D eigenvalue weighted by atomic mass is 16.7. The van der Waals surface area contributed by atoms with E-state index in [2.05, 4.69) is 11.7 Å². The molecule has 0 aliphatic carbocycles. The maximum absolute atomic E-state index is 11.6. The van der Waals surface area contributed by atoms with Gasteiger partial charge in [0.05, 0.1) is 11.1 Å². The Morgan fingerprint density at radius 1 is 1.33 bits per heavy atom. The highest BCUT2D eigenvalue weighted by molar-refractivity contribution is 6.01. The Morgan fingerprint density at radius 2 is 1.94 bits per heavy atom. The molecule has 1 aromatic rings. The number of nitrogens with zero attached hydrogens (tertiary/aromatic N) is 1. The first kappa shape index (κ1) is 14.2. The van der Waals surface area contributed by atoms with Crippen molar-refractivity contribution in [2.75, 3.05) is 0 Å². The van der Waals surface area contributed by atoms with Crippen LogP contribution in [0.2, 0.25) is 0 Å². The zero-order chi connectivity index (χ0) is 13.6. The predicted molar refractivity (Wildman–Crippen MR) is 73.3 cm³/mol. The van der Waals surface area contributed by atoms with Crippen molar-refractivity contribution in [3.8, 4) is 0 Å². The Morgan fingerprint density at radius 3 is 2.44 bits per heavy atom. The summed E-state index contributed by atoms with van der Waals surface area (Å²) in [5, 5.41) is 3.95. The topological polar surface area (TPSA) is 38.7 Å². The van der Waals surface area contributed by atoms with Gasteiger partial charge in [0.25, 0.3) is 0 Å². The van der Waals surface area contributed by atoms with E-state index in [0.29, 0.717) is 12.1 Å². The average Bonchev–Trinajstić information content (AvgIpc) is 2.34. The van der Waals surface area contributed by atoms with Gasteiger partial charge in [-0.2, -0.15) is 0 Å². The van der Waals surface area contributed by atoms with Crippen LogP contribution in [0.1, 0.15) is 32.8 Å². The van der Waals surface area contributed by atoms with Crippen LogP contribution in [0.25, 0.3) is 0 Å². The molecule has 0 atom stereocenters. The van der Waals surface area contributed by atoms with E-state index in [1.165, 1.54) is 0 Å². The van der Waals surface area contributed by atoms with E-state index in [1.807, 2.05) is 30.3 Å². The van der Waals surface area contributed by atoms with Crippen molar-refractivity contribution in [3.05, 3.63) is 48.6 Å². The van der Waals surface area contributed by atoms with E-state index < -0.39 is 5.41 Å². The molecule has 0 unspecified atom stereocenters. The number of carbonyl (C=O) groups excluding carboxylic acids is 1. The van der Waals surface area contributed by atoms with E-state index in [-0.39, 0.29) is 5.97 Å². The van der Waals surface area contributed by atoms with Crippen molar-refractivity contribution in [2.45, 2.75) is 27.2 Å². The van der Waals surface area contributed by atoms with Gasteiger partial charge in [-0.3, -0.25) is 0 Å². The van der Waals surface area contributed by atoms with Crippen molar-refractivity contribution >= 4 is 11.7 Å². The van der Waals surface area contributed by atoms with Crippen molar-refractivity contribution in [2.24, 2.45) is 10.6 Å². The number of carbonyl (C=O) groups is 1. The van der Waals surface area contributed by atoms with Crippen molar-refractivity contribution < 1.29 is 9.63 Å². The van der Waals surface area contributed by atoms with E-state index in [4.69, 9.17) is 4.84 Å². The summed E-state index contributed by atoms with van der Waals surface area (Å²) >= 11 is 0. The van der Waals surface area contributed by atoms with Gasteiger partial charge in [-0.25, -0.2) is 4.79 Å². The molecule has 0 fully saturated rings. The second-order valence-corrected chi connectivity index (χ2v) is 5.03. The molecule has 0 bridgehead atoms. The summed E-state index contributed by atoms with van der Waals surface area (Å²) in [5.41, 5.74) is 1.07. The summed E-state index contributed by atoms with van der Waals surface area (Å²) in [6.45, 7) is 9.06. The van der Waals surface area contributed by atoms with Crippen LogP contribution >= 0.6 is 0 Å². The normalized spacial score (nSPS) is 12.1. The molecule has 0 saturated heterocycles. The van der Waals surface area contributed by atoms with Gasteiger partial charge >= 0.3 is 5.97 Å². The van der Waals surface area contributed by atoms with Crippen molar-refractivity contribution in [3.63, 3.8) is 0 Å². The molecule has 0 aromatic heterocycles. The van der Waals surface area contributed by atoms with Crippen LogP contribution in [0.3, 0.4) is 0 Å². The maximum atomic E-state index is 11.6. The first-order chi connectivity index (χ1) is 8.45. The Bertz CT molecular complexity index is 441. The van der Waals surface area contributed by atoms with Crippen LogP contribution in [0.5, 0.6) is 0 Å². The predicted octanol–water partition coefficient (Wildman–Crippen LogP) is 3.56. The van der Waals surface area contributed by atoms with Gasteiger partial charge in [0.1, 0.15) is 0 Å². The van der Waals surface area contributed by atoms with E-state index >= 15 is 0 Å². The van der Waals surface area contributed by atoms with Crippen LogP contribution in [0, 0.1) is 5.41 Å². The molecule has 0 aliphatic heterocycles. The fourth-order valence-corrected chi connectivity index (χ4v) is 1.21. The van der Waals surface area contributed by atoms with Gasteiger partial charge in [-0.1, -0.05) is 41.6 Å². The van der Waals surface area contributed by atoms with Gasteiger partial charge < -0.3 is 4.84 Å². The minimum atomic E-state index is -0.556. The molecule has 0 amide bonds. The number of benzene rings is 1. The number of hydrogen-bond donors (Lipinski definition) is 0. The van der Waals surface area contributed by atoms with Gasteiger partial charge in [-0.05, 0) is 26.3 Å². The molecule has 0 saturated carbocycles. The van der Waals surface area contributed by atoms with Crippen LogP contribution in [-0.4, -0.2) is 11.7 Å². The van der Waals surface area contributed by atoms with Crippen molar-refractivity contribution in [1.82, 2.24) is 0 Å². The molecule has 18 heavy (non-hydrogen) atoms. The molecule has 0 aliphatic rings. The maximum Gasteiger partial charge on any atom is 0.340 e. The van der Waals surface area contributed by atoms with Gasteiger partial charge in [0, 0.05) is 6.42 Å². The molecule has 0 spiro atoms. The molecule has 1 aromatic carbocycles. The summed E-state index contributed by atoms with van der Waals surface area (Å²) in [4.78, 5) is 16.6. The molecule has 3 nitrogen and oxygen atoms in total. The third-order valence-electron chi connectivity index (χ3n) is 2.30. The van der Waals surface area contributed by atoms with Crippen molar-refractivity contribution in [1.29, 1.82) is 0 Å². The molecule has 96 valence electrons. The van der Waals surface area contributed by atoms with Gasteiger partial charge in [-0.15, -0.1) is 6.58 Å². The average molecular weight is 245 g/mol. The second-order valence-electron chi connectivity index (χ2n) is 5.03. The largest absolute Gasteiger partial charge is 0.340 e. The fourth-order valence-electron chi connectivity index (χ4n) is 1.21. The minimum absolute atomic E-state index is 0.347.